The molecule has 0 radical (unpaired) electrons. The number of nitrogens with one attached hydrogen (secondary N) is 3. The zero-order chi connectivity index (χ0) is 35.5. The van der Waals surface area contributed by atoms with Gasteiger partial charge in [-0.3, -0.25) is 9.59 Å². The minimum absolute atomic E-state index is 0.0169. The number of aromatic nitrogens is 4. The van der Waals surface area contributed by atoms with E-state index in [0.717, 1.165) is 77.5 Å². The normalized spacial score (nSPS) is 19.0. The molecule has 50 heavy (non-hydrogen) atoms. The Hall–Kier alpha value is -4.87. The molecule has 0 spiro atoms. The molecule has 0 bridgehead atoms. The summed E-state index contributed by atoms with van der Waals surface area (Å²) in [7, 11) is 1.29. The molecule has 12 nitrogen and oxygen atoms in total. The molecule has 12 heteroatoms. The first kappa shape index (κ1) is 35.0. The first-order valence-corrected chi connectivity index (χ1v) is 17.8. The second kappa shape index (κ2) is 14.9. The molecule has 2 fully saturated rings. The van der Waals surface area contributed by atoms with E-state index in [0.29, 0.717) is 19.1 Å². The van der Waals surface area contributed by atoms with Crippen LogP contribution in [0.4, 0.5) is 4.79 Å². The van der Waals surface area contributed by atoms with Crippen molar-refractivity contribution in [3.05, 3.63) is 65.9 Å². The number of aromatic amines is 2. The lowest BCUT2D eigenvalue weighted by atomic mass is 9.96. The van der Waals surface area contributed by atoms with E-state index in [1.165, 1.54) is 7.11 Å². The van der Waals surface area contributed by atoms with Gasteiger partial charge in [-0.1, -0.05) is 40.7 Å². The summed E-state index contributed by atoms with van der Waals surface area (Å²) in [6.07, 6.45) is 4.71. The molecule has 3 amide bonds. The smallest absolute Gasteiger partial charge is 0.407 e. The van der Waals surface area contributed by atoms with Gasteiger partial charge in [0, 0.05) is 19.0 Å². The third kappa shape index (κ3) is 7.34. The van der Waals surface area contributed by atoms with E-state index in [4.69, 9.17) is 14.5 Å². The van der Waals surface area contributed by atoms with Crippen molar-refractivity contribution < 1.29 is 23.9 Å². The number of hydrogen-bond acceptors (Lipinski definition) is 7. The van der Waals surface area contributed by atoms with Crippen LogP contribution in [0.1, 0.15) is 89.6 Å². The van der Waals surface area contributed by atoms with Gasteiger partial charge >= 0.3 is 6.09 Å². The number of carbonyl (C=O) groups is 3. The second-order valence-electron chi connectivity index (χ2n) is 14.2. The zero-order valence-corrected chi connectivity index (χ0v) is 29.9. The molecular formula is C38H49N7O5. The van der Waals surface area contributed by atoms with Gasteiger partial charge in [-0.25, -0.2) is 14.8 Å². The fourth-order valence-corrected chi connectivity index (χ4v) is 6.93. The van der Waals surface area contributed by atoms with Gasteiger partial charge in [-0.05, 0) is 85.0 Å². The van der Waals surface area contributed by atoms with Crippen LogP contribution in [0, 0.1) is 17.8 Å². The van der Waals surface area contributed by atoms with Gasteiger partial charge in [-0.15, -0.1) is 0 Å². The van der Waals surface area contributed by atoms with E-state index < -0.39 is 12.1 Å². The van der Waals surface area contributed by atoms with Crippen molar-refractivity contribution >= 4 is 28.9 Å². The number of fused-ring (bicyclic) bond motifs is 1. The first-order chi connectivity index (χ1) is 24.0. The van der Waals surface area contributed by atoms with Crippen molar-refractivity contribution in [1.82, 2.24) is 35.1 Å². The maximum atomic E-state index is 13.5. The molecule has 2 saturated heterocycles. The fourth-order valence-electron chi connectivity index (χ4n) is 6.93. The van der Waals surface area contributed by atoms with E-state index in [2.05, 4.69) is 40.2 Å². The average molecular weight is 684 g/mol. The number of nitrogens with zero attached hydrogens (tertiary/aromatic N) is 4. The number of hydrogen-bond donors (Lipinski definition) is 3. The molecule has 266 valence electrons. The number of benzene rings is 2. The number of alkyl carbamates (subject to hydrolysis) is 1. The molecule has 0 unspecified atom stereocenters. The molecule has 3 N–H and O–H groups in total. The Labute approximate surface area is 293 Å². The van der Waals surface area contributed by atoms with Gasteiger partial charge in [0.2, 0.25) is 11.8 Å². The standard InChI is InChI=1S/C38H49N7O5/c1-22(2)24(5)36(46)44-17-8-10-32(44)35-40-28-16-11-25(19-29(28)41-35)21-50-27-14-12-26(13-15-27)30-20-39-34(42-30)31-9-7-18-45(31)37(47)33(23(3)4)43-38(48)49-6/h11-16,19-20,22-24,31-33H,7-10,17-18,21H2,1-6H3,(H,39,42)(H,40,41)(H,43,48)/t24-,31-,32-,33-/m0/s1. The van der Waals surface area contributed by atoms with Crippen LogP contribution in [-0.2, 0) is 20.9 Å². The topological polar surface area (TPSA) is 146 Å². The number of imidazole rings is 2. The summed E-state index contributed by atoms with van der Waals surface area (Å²) in [5.41, 5.74) is 4.63. The highest BCUT2D eigenvalue weighted by atomic mass is 16.5. The van der Waals surface area contributed by atoms with Gasteiger partial charge in [0.25, 0.3) is 0 Å². The Morgan fingerprint density at radius 2 is 1.56 bits per heavy atom. The quantitative estimate of drug-likeness (QED) is 0.163. The number of rotatable bonds is 11. The predicted octanol–water partition coefficient (Wildman–Crippen LogP) is 6.53. The Morgan fingerprint density at radius 1 is 0.880 bits per heavy atom. The van der Waals surface area contributed by atoms with Crippen molar-refractivity contribution in [2.75, 3.05) is 20.2 Å². The zero-order valence-electron chi connectivity index (χ0n) is 29.9. The second-order valence-corrected chi connectivity index (χ2v) is 14.2. The van der Waals surface area contributed by atoms with Gasteiger partial charge in [0.15, 0.2) is 0 Å². The van der Waals surface area contributed by atoms with Crippen LogP contribution in [0.15, 0.2) is 48.7 Å². The summed E-state index contributed by atoms with van der Waals surface area (Å²) in [6, 6.07) is 13.0. The average Bonchev–Trinajstić information content (AvgIpc) is 3.94. The van der Waals surface area contributed by atoms with Crippen molar-refractivity contribution in [3.63, 3.8) is 0 Å². The molecule has 2 aliphatic rings. The molecule has 2 aromatic heterocycles. The summed E-state index contributed by atoms with van der Waals surface area (Å²) in [6.45, 7) is 11.8. The Balaban J connectivity index is 1.08. The maximum Gasteiger partial charge on any atom is 0.407 e. The van der Waals surface area contributed by atoms with E-state index in [-0.39, 0.29) is 35.7 Å². The number of amides is 3. The summed E-state index contributed by atoms with van der Waals surface area (Å²) in [5, 5.41) is 2.69. The lowest BCUT2D eigenvalue weighted by molar-refractivity contribution is -0.137. The number of ether oxygens (including phenoxy) is 2. The van der Waals surface area contributed by atoms with Crippen molar-refractivity contribution in [2.24, 2.45) is 17.8 Å². The highest BCUT2D eigenvalue weighted by molar-refractivity contribution is 5.86. The molecule has 2 aliphatic heterocycles. The van der Waals surface area contributed by atoms with Crippen LogP contribution in [-0.4, -0.2) is 73.9 Å². The highest BCUT2D eigenvalue weighted by Crippen LogP contribution is 2.35. The van der Waals surface area contributed by atoms with E-state index >= 15 is 0 Å². The summed E-state index contributed by atoms with van der Waals surface area (Å²) >= 11 is 0. The third-order valence-corrected chi connectivity index (χ3v) is 10.2. The molecule has 0 aliphatic carbocycles. The number of likely N-dealkylation sites (tertiary alicyclic amines) is 2. The van der Waals surface area contributed by atoms with Crippen LogP contribution >= 0.6 is 0 Å². The summed E-state index contributed by atoms with van der Waals surface area (Å²) < 4.78 is 10.9. The molecule has 4 heterocycles. The molecular weight excluding hydrogens is 634 g/mol. The molecule has 2 aromatic carbocycles. The predicted molar refractivity (Wildman–Crippen MR) is 190 cm³/mol. The molecule has 4 aromatic rings. The number of methoxy groups -OCH3 is 1. The fraction of sp³-hybridized carbons (Fsp3) is 0.500. The number of H-pyrrole nitrogens is 2. The third-order valence-electron chi connectivity index (χ3n) is 10.2. The van der Waals surface area contributed by atoms with Crippen molar-refractivity contribution in [2.45, 2.75) is 85.0 Å². The SMILES string of the molecule is COC(=O)N[C@H](C(=O)N1CCC[C@H]1c1ncc(-c2ccc(OCc3ccc4nc([C@@H]5CCCN5C(=O)[C@@H](C)C(C)C)[nH]c4c3)cc2)[nH]1)C(C)C. The van der Waals surface area contributed by atoms with E-state index in [1.54, 1.807) is 11.1 Å². The largest absolute Gasteiger partial charge is 0.489 e. The first-order valence-electron chi connectivity index (χ1n) is 17.8. The lowest BCUT2D eigenvalue weighted by Crippen LogP contribution is -2.51. The van der Waals surface area contributed by atoms with Crippen LogP contribution in [0.5, 0.6) is 5.75 Å². The lowest BCUT2D eigenvalue weighted by Gasteiger charge is -2.30. The van der Waals surface area contributed by atoms with E-state index in [1.807, 2.05) is 62.1 Å². The van der Waals surface area contributed by atoms with Crippen molar-refractivity contribution in [1.29, 1.82) is 0 Å². The molecule has 6 rings (SSSR count). The van der Waals surface area contributed by atoms with Crippen LogP contribution < -0.4 is 10.1 Å². The van der Waals surface area contributed by atoms with Crippen LogP contribution in [0.2, 0.25) is 0 Å². The molecule has 4 atom stereocenters. The minimum atomic E-state index is -0.679. The summed E-state index contributed by atoms with van der Waals surface area (Å²) in [4.78, 5) is 58.8. The van der Waals surface area contributed by atoms with Gasteiger partial charge in [0.05, 0.1) is 42.1 Å². The maximum absolute atomic E-state index is 13.5. The monoisotopic (exact) mass is 683 g/mol. The van der Waals surface area contributed by atoms with E-state index in [9.17, 15) is 14.4 Å². The highest BCUT2D eigenvalue weighted by Gasteiger charge is 2.38. The minimum Gasteiger partial charge on any atom is -0.489 e. The molecule has 0 saturated carbocycles. The van der Waals surface area contributed by atoms with Gasteiger partial charge in [-0.2, -0.15) is 0 Å². The summed E-state index contributed by atoms with van der Waals surface area (Å²) in [5.74, 6) is 2.56. The van der Waals surface area contributed by atoms with Crippen LogP contribution in [0.25, 0.3) is 22.3 Å². The van der Waals surface area contributed by atoms with Gasteiger partial charge < -0.3 is 34.6 Å². The number of carbonyl (C=O) groups excluding carboxylic acids is 3. The Morgan fingerprint density at radius 3 is 2.22 bits per heavy atom. The Kier molecular flexibility index (Phi) is 10.4. The Bertz CT molecular complexity index is 1810. The van der Waals surface area contributed by atoms with Gasteiger partial charge in [0.1, 0.15) is 30.0 Å². The van der Waals surface area contributed by atoms with Crippen LogP contribution in [0.3, 0.4) is 0 Å². The van der Waals surface area contributed by atoms with Crippen molar-refractivity contribution in [3.8, 4) is 17.0 Å².